The first-order valence-corrected chi connectivity index (χ1v) is 11.9. The number of carbonyl (C=O) groups is 3. The predicted molar refractivity (Wildman–Crippen MR) is 125 cm³/mol. The molecule has 2 aromatic rings. The molecule has 1 aromatic carbocycles. The van der Waals surface area contributed by atoms with Crippen molar-refractivity contribution in [1.29, 1.82) is 0 Å². The Balaban J connectivity index is 1.56. The minimum Gasteiger partial charge on any atom is -0.466 e. The number of carbonyl (C=O) groups excluding carboxylic acids is 3. The van der Waals surface area contributed by atoms with Crippen molar-refractivity contribution in [2.24, 2.45) is 0 Å². The molecule has 3 aliphatic rings. The molecule has 0 N–H and O–H groups in total. The van der Waals surface area contributed by atoms with Gasteiger partial charge in [-0.1, -0.05) is 18.2 Å². The van der Waals surface area contributed by atoms with Crippen LogP contribution in [0, 0.1) is 13.8 Å². The van der Waals surface area contributed by atoms with Gasteiger partial charge in [-0.15, -0.1) is 0 Å². The summed E-state index contributed by atoms with van der Waals surface area (Å²) in [6.45, 7) is 10.2. The Hall–Kier alpha value is -3.13. The number of rotatable bonds is 3. The molecule has 4 heterocycles. The average molecular weight is 466 g/mol. The summed E-state index contributed by atoms with van der Waals surface area (Å²) < 4.78 is 11.0. The van der Waals surface area contributed by atoms with E-state index in [0.29, 0.717) is 62.0 Å². The van der Waals surface area contributed by atoms with Gasteiger partial charge in [-0.05, 0) is 45.4 Å². The first-order valence-electron chi connectivity index (χ1n) is 11.9. The van der Waals surface area contributed by atoms with Crippen LogP contribution >= 0.6 is 0 Å². The Labute approximate surface area is 199 Å². The number of likely N-dealkylation sites (tertiary alicyclic amines) is 1. The lowest BCUT2D eigenvalue weighted by Crippen LogP contribution is -2.78. The molecular formula is C26H31N3O5. The van der Waals surface area contributed by atoms with Crippen LogP contribution in [0.25, 0.3) is 0 Å². The summed E-state index contributed by atoms with van der Waals surface area (Å²) in [4.78, 5) is 46.4. The number of aryl methyl sites for hydroxylation is 2. The van der Waals surface area contributed by atoms with E-state index < -0.39 is 11.5 Å². The summed E-state index contributed by atoms with van der Waals surface area (Å²) in [5, 5.41) is 0. The van der Waals surface area contributed by atoms with Gasteiger partial charge in [0.2, 0.25) is 5.91 Å². The quantitative estimate of drug-likeness (QED) is 0.696. The molecule has 8 heteroatoms. The highest BCUT2D eigenvalue weighted by Crippen LogP contribution is 2.48. The molecule has 1 spiro atoms. The van der Waals surface area contributed by atoms with Crippen molar-refractivity contribution in [3.63, 3.8) is 0 Å². The summed E-state index contributed by atoms with van der Waals surface area (Å²) in [6.07, 6.45) is 0. The van der Waals surface area contributed by atoms with Gasteiger partial charge in [0.05, 0.1) is 30.2 Å². The van der Waals surface area contributed by atoms with Gasteiger partial charge in [-0.3, -0.25) is 14.4 Å². The molecule has 34 heavy (non-hydrogen) atoms. The van der Waals surface area contributed by atoms with E-state index in [1.807, 2.05) is 48.8 Å². The van der Waals surface area contributed by atoms with Gasteiger partial charge in [0.1, 0.15) is 11.5 Å². The number of furan rings is 1. The first kappa shape index (κ1) is 22.7. The third-order valence-corrected chi connectivity index (χ3v) is 7.31. The van der Waals surface area contributed by atoms with E-state index in [1.165, 1.54) is 0 Å². The minimum atomic E-state index is -0.794. The summed E-state index contributed by atoms with van der Waals surface area (Å²) in [5.41, 5.74) is 1.06. The highest BCUT2D eigenvalue weighted by Gasteiger charge is 2.62. The number of ether oxygens (including phenoxy) is 1. The lowest BCUT2D eigenvalue weighted by molar-refractivity contribution is -0.146. The van der Waals surface area contributed by atoms with E-state index in [-0.39, 0.29) is 23.8 Å². The molecular weight excluding hydrogens is 434 g/mol. The maximum Gasteiger partial charge on any atom is 0.257 e. The van der Waals surface area contributed by atoms with E-state index in [2.05, 4.69) is 0 Å². The summed E-state index contributed by atoms with van der Waals surface area (Å²) >= 11 is 0. The number of hydrogen-bond donors (Lipinski definition) is 0. The molecule has 3 aliphatic heterocycles. The van der Waals surface area contributed by atoms with E-state index in [0.717, 1.165) is 5.56 Å². The maximum atomic E-state index is 14.0. The molecule has 180 valence electrons. The number of amides is 3. The molecule has 1 atom stereocenters. The predicted octanol–water partition coefficient (Wildman–Crippen LogP) is 2.60. The third-order valence-electron chi connectivity index (χ3n) is 7.31. The van der Waals surface area contributed by atoms with Crippen LogP contribution in [0.5, 0.6) is 0 Å². The van der Waals surface area contributed by atoms with Crippen molar-refractivity contribution in [1.82, 2.24) is 14.7 Å². The van der Waals surface area contributed by atoms with Crippen molar-refractivity contribution in [2.45, 2.75) is 45.2 Å². The van der Waals surface area contributed by atoms with Crippen molar-refractivity contribution < 1.29 is 23.5 Å². The largest absolute Gasteiger partial charge is 0.466 e. The molecule has 3 amide bonds. The Morgan fingerprint density at radius 1 is 1.06 bits per heavy atom. The molecule has 5 rings (SSSR count). The molecule has 0 radical (unpaired) electrons. The summed E-state index contributed by atoms with van der Waals surface area (Å²) in [6, 6.07) is 9.03. The topological polar surface area (TPSA) is 83.3 Å². The fourth-order valence-corrected chi connectivity index (χ4v) is 5.89. The van der Waals surface area contributed by atoms with Crippen LogP contribution in [-0.2, 0) is 9.53 Å². The summed E-state index contributed by atoms with van der Waals surface area (Å²) in [5.74, 6) is 0.498. The second kappa shape index (κ2) is 8.27. The van der Waals surface area contributed by atoms with Crippen LogP contribution in [0.2, 0.25) is 0 Å². The van der Waals surface area contributed by atoms with Crippen molar-refractivity contribution in [2.75, 3.05) is 39.4 Å². The Kier molecular flexibility index (Phi) is 5.51. The van der Waals surface area contributed by atoms with E-state index in [1.54, 1.807) is 24.0 Å². The van der Waals surface area contributed by atoms with Crippen molar-refractivity contribution in [3.05, 3.63) is 58.5 Å². The normalized spacial score (nSPS) is 21.6. The molecule has 2 saturated heterocycles. The van der Waals surface area contributed by atoms with Gasteiger partial charge >= 0.3 is 0 Å². The highest BCUT2D eigenvalue weighted by molar-refractivity contribution is 6.03. The number of nitrogens with zero attached hydrogens (tertiary/aromatic N) is 3. The smallest absolute Gasteiger partial charge is 0.257 e. The Morgan fingerprint density at radius 3 is 2.35 bits per heavy atom. The average Bonchev–Trinajstić information content (AvgIpc) is 3.14. The third kappa shape index (κ3) is 3.35. The van der Waals surface area contributed by atoms with Crippen LogP contribution < -0.4 is 0 Å². The number of morpholine rings is 1. The Morgan fingerprint density at radius 2 is 1.74 bits per heavy atom. The molecule has 0 bridgehead atoms. The number of hydrogen-bond acceptors (Lipinski definition) is 5. The van der Waals surface area contributed by atoms with Crippen LogP contribution in [0.4, 0.5) is 0 Å². The molecule has 2 fully saturated rings. The fourth-order valence-electron chi connectivity index (χ4n) is 5.89. The zero-order chi connectivity index (χ0) is 24.2. The van der Waals surface area contributed by atoms with Crippen LogP contribution in [0.3, 0.4) is 0 Å². The second-order valence-corrected chi connectivity index (χ2v) is 9.82. The minimum absolute atomic E-state index is 0.00339. The lowest BCUT2D eigenvalue weighted by atomic mass is 9.67. The van der Waals surface area contributed by atoms with E-state index >= 15 is 0 Å². The summed E-state index contributed by atoms with van der Waals surface area (Å²) in [7, 11) is 0. The monoisotopic (exact) mass is 465 g/mol. The molecule has 1 aromatic heterocycles. The number of fused-ring (bicyclic) bond motifs is 1. The van der Waals surface area contributed by atoms with E-state index in [9.17, 15) is 14.4 Å². The molecule has 8 nitrogen and oxygen atoms in total. The molecule has 0 aliphatic carbocycles. The number of benzene rings is 1. The fraction of sp³-hybridized carbons (Fsp3) is 0.500. The van der Waals surface area contributed by atoms with Gasteiger partial charge in [0.15, 0.2) is 0 Å². The van der Waals surface area contributed by atoms with Crippen LogP contribution in [0.15, 0.2) is 34.7 Å². The lowest BCUT2D eigenvalue weighted by Gasteiger charge is -2.62. The van der Waals surface area contributed by atoms with Gasteiger partial charge in [-0.25, -0.2) is 0 Å². The standard InChI is InChI=1S/C26H31N3O5/c1-16(2)29-24(31)20-8-6-5-7-19(20)22(25(32)27-9-11-33-12-10-27)26(29)14-28(15-26)23(30)21-13-17(3)34-18(21)4/h5-8,13,16,22H,9-12,14-15H2,1-4H3. The van der Waals surface area contributed by atoms with Gasteiger partial charge < -0.3 is 23.9 Å². The first-order chi connectivity index (χ1) is 16.2. The van der Waals surface area contributed by atoms with Gasteiger partial charge in [-0.2, -0.15) is 0 Å². The molecule has 1 unspecified atom stereocenters. The van der Waals surface area contributed by atoms with Crippen LogP contribution in [0.1, 0.15) is 57.6 Å². The highest BCUT2D eigenvalue weighted by atomic mass is 16.5. The zero-order valence-corrected chi connectivity index (χ0v) is 20.2. The second-order valence-electron chi connectivity index (χ2n) is 9.82. The van der Waals surface area contributed by atoms with Crippen LogP contribution in [-0.4, -0.2) is 83.4 Å². The SMILES string of the molecule is Cc1cc(C(=O)N2CC3(C2)C(C(=O)N2CCOCC2)c2ccccc2C(=O)N3C(C)C)c(C)o1. The molecule has 0 saturated carbocycles. The van der Waals surface area contributed by atoms with Crippen molar-refractivity contribution in [3.8, 4) is 0 Å². The zero-order valence-electron chi connectivity index (χ0n) is 20.2. The van der Waals surface area contributed by atoms with Gasteiger partial charge in [0.25, 0.3) is 11.8 Å². The van der Waals surface area contributed by atoms with E-state index in [4.69, 9.17) is 9.15 Å². The maximum absolute atomic E-state index is 14.0. The van der Waals surface area contributed by atoms with Crippen molar-refractivity contribution >= 4 is 17.7 Å². The Bertz CT molecular complexity index is 1140. The van der Waals surface area contributed by atoms with Gasteiger partial charge in [0, 0.05) is 37.8 Å².